The number of rotatable bonds is 8. The van der Waals surface area contributed by atoms with Gasteiger partial charge in [0, 0.05) is 12.6 Å². The molecule has 0 saturated heterocycles. The summed E-state index contributed by atoms with van der Waals surface area (Å²) >= 11 is 0. The molecule has 0 radical (unpaired) electrons. The van der Waals surface area contributed by atoms with E-state index in [0.29, 0.717) is 5.56 Å². The molecule has 0 aliphatic heterocycles. The van der Waals surface area contributed by atoms with Crippen molar-refractivity contribution in [3.05, 3.63) is 29.8 Å². The van der Waals surface area contributed by atoms with E-state index < -0.39 is 21.1 Å². The third kappa shape index (κ3) is 5.33. The molecule has 24 heavy (non-hydrogen) atoms. The number of carbonyl (C=O) groups excluding carboxylic acids is 1. The Balaban J connectivity index is 2.84. The largest absolute Gasteiger partial charge is 0.481 e. The minimum atomic E-state index is -3.33. The third-order valence-electron chi connectivity index (χ3n) is 3.74. The molecule has 0 fully saturated rings. The number of benzene rings is 1. The fourth-order valence-corrected chi connectivity index (χ4v) is 3.29. The van der Waals surface area contributed by atoms with Gasteiger partial charge in [-0.1, -0.05) is 12.1 Å². The first-order valence-electron chi connectivity index (χ1n) is 7.89. The molecule has 1 aromatic carbocycles. The van der Waals surface area contributed by atoms with Crippen LogP contribution < -0.4 is 0 Å². The summed E-state index contributed by atoms with van der Waals surface area (Å²) in [4.78, 5) is 24.8. The second kappa shape index (κ2) is 8.28. The smallest absolute Gasteiger partial charge is 0.305 e. The summed E-state index contributed by atoms with van der Waals surface area (Å²) in [6.45, 7) is 7.06. The summed E-state index contributed by atoms with van der Waals surface area (Å²) in [6, 6.07) is 6.17. The van der Waals surface area contributed by atoms with E-state index in [1.165, 1.54) is 17.0 Å². The highest BCUT2D eigenvalue weighted by molar-refractivity contribution is 7.92. The minimum Gasteiger partial charge on any atom is -0.481 e. The fourth-order valence-electron chi connectivity index (χ4n) is 2.23. The maximum absolute atomic E-state index is 12.4. The van der Waals surface area contributed by atoms with Gasteiger partial charge >= 0.3 is 5.97 Å². The molecular weight excluding hydrogens is 330 g/mol. The quantitative estimate of drug-likeness (QED) is 0.771. The molecule has 0 bridgehead atoms. The van der Waals surface area contributed by atoms with Crippen LogP contribution in [0.1, 0.15) is 39.7 Å². The van der Waals surface area contributed by atoms with E-state index in [-0.39, 0.29) is 36.2 Å². The van der Waals surface area contributed by atoms with Crippen LogP contribution in [0, 0.1) is 0 Å². The molecule has 0 atom stereocenters. The van der Waals surface area contributed by atoms with Crippen molar-refractivity contribution in [1.82, 2.24) is 4.90 Å². The van der Waals surface area contributed by atoms with Crippen LogP contribution in [0.2, 0.25) is 0 Å². The van der Waals surface area contributed by atoms with Gasteiger partial charge in [0.25, 0.3) is 0 Å². The Kier molecular flexibility index (Phi) is 6.95. The number of carboxylic acid groups (broad SMARTS) is 1. The highest BCUT2D eigenvalue weighted by Crippen LogP contribution is 2.17. The second-order valence-corrected chi connectivity index (χ2v) is 8.74. The van der Waals surface area contributed by atoms with E-state index in [4.69, 9.17) is 5.11 Å². The van der Waals surface area contributed by atoms with Crippen LogP contribution in [0.25, 0.3) is 0 Å². The van der Waals surface area contributed by atoms with Crippen molar-refractivity contribution in [2.45, 2.75) is 56.7 Å². The summed E-state index contributed by atoms with van der Waals surface area (Å²) in [6.07, 6.45) is 0.00922. The van der Waals surface area contributed by atoms with Gasteiger partial charge in [0.15, 0.2) is 9.84 Å². The van der Waals surface area contributed by atoms with E-state index in [0.717, 1.165) is 0 Å². The van der Waals surface area contributed by atoms with E-state index in [2.05, 4.69) is 0 Å². The number of aliphatic carboxylic acids is 1. The third-order valence-corrected chi connectivity index (χ3v) is 5.91. The molecule has 0 saturated carbocycles. The van der Waals surface area contributed by atoms with Crippen LogP contribution in [-0.4, -0.2) is 48.1 Å². The lowest BCUT2D eigenvalue weighted by Crippen LogP contribution is -2.39. The first-order valence-corrected chi connectivity index (χ1v) is 9.44. The molecule has 1 N–H and O–H groups in total. The standard InChI is InChI=1S/C17H25NO5S/c1-12(2)18(10-9-17(20)21)16(19)11-14-5-7-15(8-6-14)24(22,23)13(3)4/h5-8,12-13H,9-11H2,1-4H3,(H,20,21). The van der Waals surface area contributed by atoms with Gasteiger partial charge < -0.3 is 10.0 Å². The van der Waals surface area contributed by atoms with Gasteiger partial charge in [-0.15, -0.1) is 0 Å². The van der Waals surface area contributed by atoms with Gasteiger partial charge in [-0.2, -0.15) is 0 Å². The molecule has 0 aromatic heterocycles. The predicted octanol–water partition coefficient (Wildman–Crippen LogP) is 2.12. The van der Waals surface area contributed by atoms with Gasteiger partial charge in [0.05, 0.1) is 23.0 Å². The summed E-state index contributed by atoms with van der Waals surface area (Å²) in [5, 5.41) is 8.27. The Bertz CT molecular complexity index is 677. The van der Waals surface area contributed by atoms with Gasteiger partial charge in [-0.3, -0.25) is 9.59 Å². The fraction of sp³-hybridized carbons (Fsp3) is 0.529. The summed E-state index contributed by atoms with van der Waals surface area (Å²) < 4.78 is 24.2. The molecule has 1 amide bonds. The Morgan fingerprint density at radius 3 is 2.04 bits per heavy atom. The molecular formula is C17H25NO5S. The first kappa shape index (κ1) is 20.2. The van der Waals surface area contributed by atoms with Crippen molar-refractivity contribution in [1.29, 1.82) is 0 Å². The van der Waals surface area contributed by atoms with Crippen LogP contribution in [0.3, 0.4) is 0 Å². The van der Waals surface area contributed by atoms with Crippen molar-refractivity contribution < 1.29 is 23.1 Å². The Labute approximate surface area is 143 Å². The zero-order valence-electron chi connectivity index (χ0n) is 14.5. The van der Waals surface area contributed by atoms with Gasteiger partial charge in [0.1, 0.15) is 0 Å². The summed E-state index contributed by atoms with van der Waals surface area (Å²) in [5.41, 5.74) is 0.698. The van der Waals surface area contributed by atoms with Crippen LogP contribution in [-0.2, 0) is 25.8 Å². The van der Waals surface area contributed by atoms with Crippen LogP contribution in [0.5, 0.6) is 0 Å². The topological polar surface area (TPSA) is 91.8 Å². The predicted molar refractivity (Wildman–Crippen MR) is 91.6 cm³/mol. The van der Waals surface area contributed by atoms with Crippen molar-refractivity contribution in [2.75, 3.05) is 6.54 Å². The molecule has 1 rings (SSSR count). The van der Waals surface area contributed by atoms with Crippen molar-refractivity contribution in [2.24, 2.45) is 0 Å². The molecule has 0 heterocycles. The molecule has 0 aliphatic carbocycles. The lowest BCUT2D eigenvalue weighted by molar-refractivity contribution is -0.139. The van der Waals surface area contributed by atoms with Crippen molar-refractivity contribution >= 4 is 21.7 Å². The molecule has 6 nitrogen and oxygen atoms in total. The zero-order valence-corrected chi connectivity index (χ0v) is 15.3. The maximum atomic E-state index is 12.4. The Morgan fingerprint density at radius 1 is 1.08 bits per heavy atom. The van der Waals surface area contributed by atoms with Crippen molar-refractivity contribution in [3.8, 4) is 0 Å². The summed E-state index contributed by atoms with van der Waals surface area (Å²) in [7, 11) is -3.33. The number of nitrogens with zero attached hydrogens (tertiary/aromatic N) is 1. The number of amides is 1. The number of carboxylic acids is 1. The molecule has 0 unspecified atom stereocenters. The Morgan fingerprint density at radius 2 is 1.62 bits per heavy atom. The normalized spacial score (nSPS) is 11.8. The Hall–Kier alpha value is -1.89. The number of sulfone groups is 1. The van der Waals surface area contributed by atoms with E-state index in [1.54, 1.807) is 26.0 Å². The number of carbonyl (C=O) groups is 2. The number of hydrogen-bond donors (Lipinski definition) is 1. The average molecular weight is 355 g/mol. The van der Waals surface area contributed by atoms with Crippen LogP contribution in [0.15, 0.2) is 29.2 Å². The number of hydrogen-bond acceptors (Lipinski definition) is 4. The van der Waals surface area contributed by atoms with Gasteiger partial charge in [-0.05, 0) is 45.4 Å². The minimum absolute atomic E-state index is 0.0996. The molecule has 1 aromatic rings. The van der Waals surface area contributed by atoms with E-state index in [9.17, 15) is 18.0 Å². The molecule has 7 heteroatoms. The molecule has 134 valence electrons. The highest BCUT2D eigenvalue weighted by Gasteiger charge is 2.20. The van der Waals surface area contributed by atoms with Crippen LogP contribution >= 0.6 is 0 Å². The average Bonchev–Trinajstić information content (AvgIpc) is 2.47. The first-order chi connectivity index (χ1) is 11.1. The van der Waals surface area contributed by atoms with Crippen molar-refractivity contribution in [3.63, 3.8) is 0 Å². The highest BCUT2D eigenvalue weighted by atomic mass is 32.2. The van der Waals surface area contributed by atoms with Gasteiger partial charge in [-0.25, -0.2) is 8.42 Å². The molecule has 0 aliphatic rings. The maximum Gasteiger partial charge on any atom is 0.305 e. The van der Waals surface area contributed by atoms with Gasteiger partial charge in [0.2, 0.25) is 5.91 Å². The monoisotopic (exact) mass is 355 g/mol. The lowest BCUT2D eigenvalue weighted by Gasteiger charge is -2.26. The second-order valence-electron chi connectivity index (χ2n) is 6.24. The summed E-state index contributed by atoms with van der Waals surface area (Å²) in [5.74, 6) is -1.12. The molecule has 0 spiro atoms. The lowest BCUT2D eigenvalue weighted by atomic mass is 10.1. The zero-order chi connectivity index (χ0) is 18.5. The van der Waals surface area contributed by atoms with E-state index in [1.807, 2.05) is 13.8 Å². The SMILES string of the molecule is CC(C)N(CCC(=O)O)C(=O)Cc1ccc(S(=O)(=O)C(C)C)cc1. The van der Waals surface area contributed by atoms with Crippen LogP contribution in [0.4, 0.5) is 0 Å². The van der Waals surface area contributed by atoms with E-state index >= 15 is 0 Å².